The SMILES string of the molecule is C/C=C(/C(=C/C)c1cccc(F)c1)c1cccc(F)c1. The molecule has 0 N–H and O–H groups in total. The van der Waals surface area contributed by atoms with Crippen molar-refractivity contribution in [3.63, 3.8) is 0 Å². The van der Waals surface area contributed by atoms with Crippen molar-refractivity contribution in [3.05, 3.63) is 83.4 Å². The molecule has 0 saturated carbocycles. The summed E-state index contributed by atoms with van der Waals surface area (Å²) < 4.78 is 26.8. The van der Waals surface area contributed by atoms with E-state index in [-0.39, 0.29) is 11.6 Å². The van der Waals surface area contributed by atoms with Crippen molar-refractivity contribution >= 4 is 11.1 Å². The summed E-state index contributed by atoms with van der Waals surface area (Å²) in [5.41, 5.74) is 3.34. The normalized spacial score (nSPS) is 12.6. The van der Waals surface area contributed by atoms with Crippen LogP contribution < -0.4 is 0 Å². The van der Waals surface area contributed by atoms with Crippen LogP contribution in [-0.4, -0.2) is 0 Å². The van der Waals surface area contributed by atoms with Crippen LogP contribution in [0.15, 0.2) is 60.7 Å². The molecule has 2 rings (SSSR count). The predicted octanol–water partition coefficient (Wildman–Crippen LogP) is 5.47. The summed E-state index contributed by atoms with van der Waals surface area (Å²) in [5, 5.41) is 0. The zero-order chi connectivity index (χ0) is 14.5. The average molecular weight is 270 g/mol. The van der Waals surface area contributed by atoms with Gasteiger partial charge in [0.15, 0.2) is 0 Å². The highest BCUT2D eigenvalue weighted by Gasteiger charge is 2.10. The summed E-state index contributed by atoms with van der Waals surface area (Å²) in [5.74, 6) is -0.562. The Hall–Kier alpha value is -2.22. The Morgan fingerprint density at radius 2 is 1.15 bits per heavy atom. The van der Waals surface area contributed by atoms with Crippen molar-refractivity contribution in [1.29, 1.82) is 0 Å². The summed E-state index contributed by atoms with van der Waals surface area (Å²) in [4.78, 5) is 0. The summed E-state index contributed by atoms with van der Waals surface area (Å²) >= 11 is 0. The predicted molar refractivity (Wildman–Crippen MR) is 80.1 cm³/mol. The van der Waals surface area contributed by atoms with Crippen LogP contribution in [0.2, 0.25) is 0 Å². The van der Waals surface area contributed by atoms with E-state index in [1.165, 1.54) is 24.3 Å². The maximum absolute atomic E-state index is 13.4. The van der Waals surface area contributed by atoms with E-state index >= 15 is 0 Å². The molecule has 0 saturated heterocycles. The van der Waals surface area contributed by atoms with E-state index in [1.807, 2.05) is 38.1 Å². The molecule has 0 fully saturated rings. The lowest BCUT2D eigenvalue weighted by atomic mass is 9.92. The highest BCUT2D eigenvalue weighted by molar-refractivity contribution is 6.04. The summed E-state index contributed by atoms with van der Waals surface area (Å²) in [7, 11) is 0. The molecule has 0 spiro atoms. The van der Waals surface area contributed by atoms with Gasteiger partial charge in [0.1, 0.15) is 11.6 Å². The van der Waals surface area contributed by atoms with Crippen LogP contribution in [0.3, 0.4) is 0 Å². The standard InChI is InChI=1S/C18H16F2/c1-3-17(13-7-5-9-15(19)11-13)18(4-2)14-8-6-10-16(20)12-14/h3-12H,1-2H3/b17-3+,18-4+. The molecule has 0 aromatic heterocycles. The van der Waals surface area contributed by atoms with Crippen molar-refractivity contribution < 1.29 is 8.78 Å². The van der Waals surface area contributed by atoms with Crippen molar-refractivity contribution in [3.8, 4) is 0 Å². The minimum absolute atomic E-state index is 0.281. The van der Waals surface area contributed by atoms with Crippen LogP contribution >= 0.6 is 0 Å². The topological polar surface area (TPSA) is 0 Å². The van der Waals surface area contributed by atoms with E-state index in [4.69, 9.17) is 0 Å². The molecule has 2 aromatic carbocycles. The van der Waals surface area contributed by atoms with E-state index in [2.05, 4.69) is 0 Å². The molecule has 0 nitrogen and oxygen atoms in total. The second-order valence-electron chi connectivity index (χ2n) is 4.43. The molecule has 20 heavy (non-hydrogen) atoms. The largest absolute Gasteiger partial charge is 0.207 e. The van der Waals surface area contributed by atoms with Crippen LogP contribution in [-0.2, 0) is 0 Å². The fourth-order valence-corrected chi connectivity index (χ4v) is 2.27. The van der Waals surface area contributed by atoms with Gasteiger partial charge in [-0.05, 0) is 60.4 Å². The molecule has 0 radical (unpaired) electrons. The number of halogens is 2. The third kappa shape index (κ3) is 3.02. The summed E-state index contributed by atoms with van der Waals surface area (Å²) in [6.07, 6.45) is 3.82. The van der Waals surface area contributed by atoms with Gasteiger partial charge in [-0.15, -0.1) is 0 Å². The quantitative estimate of drug-likeness (QED) is 0.648. The van der Waals surface area contributed by atoms with E-state index in [9.17, 15) is 8.78 Å². The number of rotatable bonds is 3. The van der Waals surface area contributed by atoms with E-state index in [1.54, 1.807) is 12.1 Å². The molecule has 0 amide bonds. The highest BCUT2D eigenvalue weighted by atomic mass is 19.1. The Morgan fingerprint density at radius 1 is 0.750 bits per heavy atom. The second-order valence-corrected chi connectivity index (χ2v) is 4.43. The minimum atomic E-state index is -0.281. The van der Waals surface area contributed by atoms with E-state index < -0.39 is 0 Å². The average Bonchev–Trinajstić information content (AvgIpc) is 2.44. The summed E-state index contributed by atoms with van der Waals surface area (Å²) in [6.45, 7) is 3.78. The Kier molecular flexibility index (Phi) is 4.46. The maximum atomic E-state index is 13.4. The van der Waals surface area contributed by atoms with Crippen molar-refractivity contribution in [2.75, 3.05) is 0 Å². The van der Waals surface area contributed by atoms with E-state index in [0.29, 0.717) is 0 Å². The summed E-state index contributed by atoms with van der Waals surface area (Å²) in [6, 6.07) is 12.8. The van der Waals surface area contributed by atoms with Crippen LogP contribution in [0, 0.1) is 11.6 Å². The van der Waals surface area contributed by atoms with Gasteiger partial charge >= 0.3 is 0 Å². The van der Waals surface area contributed by atoms with Gasteiger partial charge in [0.25, 0.3) is 0 Å². The third-order valence-electron chi connectivity index (χ3n) is 3.14. The van der Waals surface area contributed by atoms with Gasteiger partial charge in [-0.1, -0.05) is 36.4 Å². The lowest BCUT2D eigenvalue weighted by molar-refractivity contribution is 0.626. The zero-order valence-corrected chi connectivity index (χ0v) is 11.5. The fraction of sp³-hybridized carbons (Fsp3) is 0.111. The molecule has 0 aliphatic carbocycles. The number of benzene rings is 2. The minimum Gasteiger partial charge on any atom is -0.207 e. The van der Waals surface area contributed by atoms with Gasteiger partial charge in [-0.25, -0.2) is 8.78 Å². The lowest BCUT2D eigenvalue weighted by Gasteiger charge is -2.13. The Labute approximate surface area is 118 Å². The Morgan fingerprint density at radius 3 is 1.45 bits per heavy atom. The maximum Gasteiger partial charge on any atom is 0.123 e. The van der Waals surface area contributed by atoms with Crippen LogP contribution in [0.4, 0.5) is 8.78 Å². The Bertz CT molecular complexity index is 607. The molecule has 0 atom stereocenters. The van der Waals surface area contributed by atoms with E-state index in [0.717, 1.165) is 22.3 Å². The third-order valence-corrected chi connectivity index (χ3v) is 3.14. The molecule has 0 unspecified atom stereocenters. The molecular weight excluding hydrogens is 254 g/mol. The smallest absolute Gasteiger partial charge is 0.123 e. The number of allylic oxidation sites excluding steroid dienone is 4. The zero-order valence-electron chi connectivity index (χ0n) is 11.5. The fourth-order valence-electron chi connectivity index (χ4n) is 2.27. The first-order valence-electron chi connectivity index (χ1n) is 6.50. The van der Waals surface area contributed by atoms with Crippen LogP contribution in [0.5, 0.6) is 0 Å². The van der Waals surface area contributed by atoms with Crippen molar-refractivity contribution in [2.45, 2.75) is 13.8 Å². The van der Waals surface area contributed by atoms with Crippen molar-refractivity contribution in [2.24, 2.45) is 0 Å². The molecule has 0 heterocycles. The van der Waals surface area contributed by atoms with Gasteiger partial charge in [0, 0.05) is 0 Å². The van der Waals surface area contributed by atoms with Gasteiger partial charge in [-0.3, -0.25) is 0 Å². The van der Waals surface area contributed by atoms with Crippen molar-refractivity contribution in [1.82, 2.24) is 0 Å². The monoisotopic (exact) mass is 270 g/mol. The molecule has 2 heteroatoms. The lowest BCUT2D eigenvalue weighted by Crippen LogP contribution is -1.92. The van der Waals surface area contributed by atoms with Gasteiger partial charge in [0.05, 0.1) is 0 Å². The Balaban J connectivity index is 2.50. The number of hydrogen-bond donors (Lipinski definition) is 0. The molecule has 0 bridgehead atoms. The van der Waals surface area contributed by atoms with Gasteiger partial charge in [0.2, 0.25) is 0 Å². The van der Waals surface area contributed by atoms with Gasteiger partial charge < -0.3 is 0 Å². The molecule has 102 valence electrons. The molecular formula is C18H16F2. The first-order chi connectivity index (χ1) is 9.65. The highest BCUT2D eigenvalue weighted by Crippen LogP contribution is 2.31. The van der Waals surface area contributed by atoms with Crippen LogP contribution in [0.1, 0.15) is 25.0 Å². The molecule has 0 aliphatic rings. The molecule has 2 aromatic rings. The number of hydrogen-bond acceptors (Lipinski definition) is 0. The first-order valence-corrected chi connectivity index (χ1v) is 6.50. The van der Waals surface area contributed by atoms with Crippen LogP contribution in [0.25, 0.3) is 11.1 Å². The van der Waals surface area contributed by atoms with Gasteiger partial charge in [-0.2, -0.15) is 0 Å². The first kappa shape index (κ1) is 14.2. The molecule has 0 aliphatic heterocycles. The second kappa shape index (κ2) is 6.29.